The van der Waals surface area contributed by atoms with Crippen molar-refractivity contribution < 1.29 is 42.6 Å². The van der Waals surface area contributed by atoms with Crippen LogP contribution in [0.2, 0.25) is 0 Å². The second kappa shape index (κ2) is 21.1. The van der Waals surface area contributed by atoms with Gasteiger partial charge >= 0.3 is 19.3 Å². The molecule has 17 heteroatoms. The van der Waals surface area contributed by atoms with E-state index in [4.69, 9.17) is 38.7 Å². The molecule has 2 N–H and O–H groups in total. The first-order valence-electron chi connectivity index (χ1n) is 20.8. The van der Waals surface area contributed by atoms with E-state index >= 15 is 0 Å². The summed E-state index contributed by atoms with van der Waals surface area (Å²) in [7, 11) is 4.51. The van der Waals surface area contributed by atoms with Gasteiger partial charge in [-0.1, -0.05) is 37.9 Å². The molecule has 342 valence electrons. The highest BCUT2D eigenvalue weighted by atomic mass is 79.9. The summed E-state index contributed by atoms with van der Waals surface area (Å²) in [6, 6.07) is 17.5. The zero-order valence-corrected chi connectivity index (χ0v) is 41.9. The minimum Gasteiger partial charge on any atom is -0.495 e. The maximum Gasteiger partial charge on any atom is 0.494 e. The standard InChI is InChI=1S/C22H35BN2O5.C16H23BrN2O3.C7H8BrNO/c1-20(2,3)28-19(26)25-13-11-24(12-14-25)17-10-9-16(15-18(17)27-8)23-29-21(4,5)22(6,7)30-23;1-16(2,3)22-15(20)19-9-7-18(8-10-19)13-6-5-12(17)11-14(13)21-4;1-10-7-4-5(8)2-3-6(7)9/h9-10,15H,11-14H2,1-8H3;5-6,11H,7-10H2,1-4H3;2-4H,9H2,1H3. The van der Waals surface area contributed by atoms with E-state index in [2.05, 4.69) is 41.7 Å². The lowest BCUT2D eigenvalue weighted by molar-refractivity contribution is 0.00578. The number of hydrogen-bond donors (Lipinski definition) is 1. The van der Waals surface area contributed by atoms with Crippen molar-refractivity contribution in [2.24, 2.45) is 0 Å². The van der Waals surface area contributed by atoms with Gasteiger partial charge in [-0.2, -0.15) is 0 Å². The van der Waals surface area contributed by atoms with Crippen molar-refractivity contribution in [2.45, 2.75) is 91.6 Å². The lowest BCUT2D eigenvalue weighted by Gasteiger charge is -2.37. The lowest BCUT2D eigenvalue weighted by atomic mass is 9.79. The Kier molecular flexibility index (Phi) is 17.2. The Hall–Kier alpha value is -4.06. The quantitative estimate of drug-likeness (QED) is 0.187. The molecule has 62 heavy (non-hydrogen) atoms. The highest BCUT2D eigenvalue weighted by molar-refractivity contribution is 9.10. The van der Waals surface area contributed by atoms with Crippen LogP contribution in [0.4, 0.5) is 26.7 Å². The number of nitrogens with zero attached hydrogens (tertiary/aromatic N) is 4. The third kappa shape index (κ3) is 14.0. The van der Waals surface area contributed by atoms with Gasteiger partial charge in [-0.15, -0.1) is 0 Å². The second-order valence-electron chi connectivity index (χ2n) is 18.1. The van der Waals surface area contributed by atoms with Crippen molar-refractivity contribution in [3.63, 3.8) is 0 Å². The number of carbonyl (C=O) groups excluding carboxylic acids is 2. The molecule has 0 aliphatic carbocycles. The van der Waals surface area contributed by atoms with Crippen molar-refractivity contribution >= 4 is 73.7 Å². The van der Waals surface area contributed by atoms with Gasteiger partial charge in [0.05, 0.1) is 49.6 Å². The molecule has 3 heterocycles. The van der Waals surface area contributed by atoms with Crippen molar-refractivity contribution in [1.29, 1.82) is 0 Å². The van der Waals surface area contributed by atoms with Crippen LogP contribution in [-0.4, -0.2) is 125 Å². The van der Waals surface area contributed by atoms with Crippen LogP contribution in [-0.2, 0) is 18.8 Å². The van der Waals surface area contributed by atoms with Crippen LogP contribution in [0.25, 0.3) is 0 Å². The Bertz CT molecular complexity index is 1960. The van der Waals surface area contributed by atoms with Gasteiger partial charge in [0.2, 0.25) is 0 Å². The summed E-state index contributed by atoms with van der Waals surface area (Å²) in [6.45, 7) is 24.9. The molecule has 0 saturated carbocycles. The first-order valence-corrected chi connectivity index (χ1v) is 22.4. The van der Waals surface area contributed by atoms with E-state index in [0.29, 0.717) is 50.7 Å². The fourth-order valence-corrected chi connectivity index (χ4v) is 7.27. The van der Waals surface area contributed by atoms with Crippen LogP contribution in [0.5, 0.6) is 17.2 Å². The number of ether oxygens (including phenoxy) is 5. The number of nitrogens with two attached hydrogens (primary N) is 1. The van der Waals surface area contributed by atoms with E-state index in [-0.39, 0.29) is 23.4 Å². The molecule has 6 rings (SSSR count). The SMILES string of the molecule is COc1cc(B2OC(C)(C)C(C)(C)O2)ccc1N1CCN(C(=O)OC(C)(C)C)CC1.COc1cc(Br)ccc1N.COc1cc(Br)ccc1N1CCN(C(=O)OC(C)(C)C)CC1. The molecule has 3 fully saturated rings. The molecule has 2 amide bonds. The number of hydrogen-bond acceptors (Lipinski definition) is 12. The highest BCUT2D eigenvalue weighted by Crippen LogP contribution is 2.38. The summed E-state index contributed by atoms with van der Waals surface area (Å²) < 4.78 is 41.3. The summed E-state index contributed by atoms with van der Waals surface area (Å²) in [5, 5.41) is 0. The van der Waals surface area contributed by atoms with E-state index in [9.17, 15) is 9.59 Å². The van der Waals surface area contributed by atoms with Gasteiger partial charge in [-0.3, -0.25) is 0 Å². The molecule has 0 unspecified atom stereocenters. The average Bonchev–Trinajstić information content (AvgIpc) is 3.43. The first kappa shape index (κ1) is 50.6. The molecule has 3 aromatic carbocycles. The number of piperazine rings is 2. The van der Waals surface area contributed by atoms with Crippen molar-refractivity contribution in [3.8, 4) is 17.2 Å². The number of carbonyl (C=O) groups is 2. The van der Waals surface area contributed by atoms with Crippen molar-refractivity contribution in [2.75, 3.05) is 89.2 Å². The van der Waals surface area contributed by atoms with Gasteiger partial charge in [0.15, 0.2) is 0 Å². The maximum atomic E-state index is 12.3. The monoisotopic (exact) mass is 989 g/mol. The van der Waals surface area contributed by atoms with E-state index in [1.54, 1.807) is 37.2 Å². The zero-order chi connectivity index (χ0) is 46.2. The number of benzene rings is 3. The first-order chi connectivity index (χ1) is 28.9. The summed E-state index contributed by atoms with van der Waals surface area (Å²) >= 11 is 6.75. The number of amides is 2. The Balaban J connectivity index is 0.000000230. The summed E-state index contributed by atoms with van der Waals surface area (Å²) in [4.78, 5) is 32.4. The number of anilines is 3. The fraction of sp³-hybridized carbons (Fsp3) is 0.556. The predicted molar refractivity (Wildman–Crippen MR) is 255 cm³/mol. The van der Waals surface area contributed by atoms with Crippen LogP contribution >= 0.6 is 31.9 Å². The highest BCUT2D eigenvalue weighted by Gasteiger charge is 2.52. The van der Waals surface area contributed by atoms with Gasteiger partial charge in [0.1, 0.15) is 28.5 Å². The summed E-state index contributed by atoms with van der Waals surface area (Å²) in [5.74, 6) is 2.31. The van der Waals surface area contributed by atoms with Gasteiger partial charge in [0.25, 0.3) is 0 Å². The van der Waals surface area contributed by atoms with Crippen LogP contribution in [0.1, 0.15) is 69.2 Å². The third-order valence-corrected chi connectivity index (χ3v) is 11.6. The van der Waals surface area contributed by atoms with Crippen molar-refractivity contribution in [1.82, 2.24) is 9.80 Å². The lowest BCUT2D eigenvalue weighted by Crippen LogP contribution is -2.50. The molecule has 0 aromatic heterocycles. The van der Waals surface area contributed by atoms with Crippen LogP contribution in [0.3, 0.4) is 0 Å². The molecular weight excluding hydrogens is 925 g/mol. The summed E-state index contributed by atoms with van der Waals surface area (Å²) in [5.41, 5.74) is 7.48. The van der Waals surface area contributed by atoms with Crippen LogP contribution in [0, 0.1) is 0 Å². The van der Waals surface area contributed by atoms with Crippen LogP contribution < -0.4 is 35.2 Å². The minimum atomic E-state index is -0.485. The van der Waals surface area contributed by atoms with E-state index < -0.39 is 18.3 Å². The largest absolute Gasteiger partial charge is 0.495 e. The molecule has 0 radical (unpaired) electrons. The van der Waals surface area contributed by atoms with E-state index in [1.165, 1.54) is 0 Å². The molecule has 3 aromatic rings. The van der Waals surface area contributed by atoms with E-state index in [0.717, 1.165) is 50.4 Å². The zero-order valence-electron chi connectivity index (χ0n) is 38.7. The number of halogens is 2. The smallest absolute Gasteiger partial charge is 0.494 e. The topological polar surface area (TPSA) is 138 Å². The van der Waals surface area contributed by atoms with Crippen molar-refractivity contribution in [3.05, 3.63) is 63.5 Å². The maximum absolute atomic E-state index is 12.3. The Morgan fingerprint density at radius 2 is 0.968 bits per heavy atom. The number of nitrogen functional groups attached to an aromatic ring is 1. The average molecular weight is 992 g/mol. The molecule has 3 saturated heterocycles. The van der Waals surface area contributed by atoms with Gasteiger partial charge in [0, 0.05) is 61.3 Å². The van der Waals surface area contributed by atoms with Gasteiger partial charge in [-0.05, 0) is 123 Å². The second-order valence-corrected chi connectivity index (χ2v) is 20.0. The van der Waals surface area contributed by atoms with Gasteiger partial charge < -0.3 is 58.3 Å². The van der Waals surface area contributed by atoms with E-state index in [1.807, 2.05) is 118 Å². The molecule has 0 spiro atoms. The number of methoxy groups -OCH3 is 3. The molecule has 0 atom stereocenters. The Labute approximate surface area is 386 Å². The molecule has 3 aliphatic rings. The molecule has 0 bridgehead atoms. The fourth-order valence-electron chi connectivity index (χ4n) is 6.59. The van der Waals surface area contributed by atoms with Gasteiger partial charge in [-0.25, -0.2) is 9.59 Å². The molecule has 3 aliphatic heterocycles. The van der Waals surface area contributed by atoms with Crippen LogP contribution in [0.15, 0.2) is 63.5 Å². The third-order valence-electron chi connectivity index (χ3n) is 10.6. The number of rotatable bonds is 6. The minimum absolute atomic E-state index is 0.241. The Morgan fingerprint density at radius 1 is 0.597 bits per heavy atom. The molecule has 14 nitrogen and oxygen atoms in total. The predicted octanol–water partition coefficient (Wildman–Crippen LogP) is 8.61. The summed E-state index contributed by atoms with van der Waals surface area (Å²) in [6.07, 6.45) is -0.500. The molecular formula is C45H66BBr2N5O9. The normalized spacial score (nSPS) is 17.2. The Morgan fingerprint density at radius 3 is 1.35 bits per heavy atom.